The Morgan fingerprint density at radius 1 is 1.36 bits per heavy atom. The van der Waals surface area contributed by atoms with Gasteiger partial charge in [-0.15, -0.1) is 0 Å². The van der Waals surface area contributed by atoms with Crippen molar-refractivity contribution >= 4 is 5.82 Å². The van der Waals surface area contributed by atoms with Crippen molar-refractivity contribution in [3.05, 3.63) is 17.6 Å². The molecule has 0 spiro atoms. The van der Waals surface area contributed by atoms with E-state index in [0.29, 0.717) is 0 Å². The van der Waals surface area contributed by atoms with E-state index < -0.39 is 0 Å². The Hall–Kier alpha value is -1.12. The molecule has 0 radical (unpaired) electrons. The van der Waals surface area contributed by atoms with Crippen LogP contribution in [0.15, 0.2) is 6.33 Å². The van der Waals surface area contributed by atoms with E-state index in [4.69, 9.17) is 0 Å². The molecule has 3 nitrogen and oxygen atoms in total. The second kappa shape index (κ2) is 3.32. The van der Waals surface area contributed by atoms with Gasteiger partial charge < -0.3 is 5.32 Å². The highest BCUT2D eigenvalue weighted by molar-refractivity contribution is 5.44. The van der Waals surface area contributed by atoms with Gasteiger partial charge in [0, 0.05) is 17.8 Å². The van der Waals surface area contributed by atoms with Crippen molar-refractivity contribution in [2.45, 2.75) is 20.8 Å². The lowest BCUT2D eigenvalue weighted by atomic mass is 10.2. The van der Waals surface area contributed by atoms with Crippen molar-refractivity contribution in [3.8, 4) is 0 Å². The van der Waals surface area contributed by atoms with Gasteiger partial charge in [-0.3, -0.25) is 0 Å². The van der Waals surface area contributed by atoms with Crippen molar-refractivity contribution in [1.82, 2.24) is 9.97 Å². The van der Waals surface area contributed by atoms with Gasteiger partial charge >= 0.3 is 0 Å². The third-order valence-electron chi connectivity index (χ3n) is 1.68. The summed E-state index contributed by atoms with van der Waals surface area (Å²) in [6, 6.07) is 0. The highest BCUT2D eigenvalue weighted by atomic mass is 15.0. The fourth-order valence-electron chi connectivity index (χ4n) is 0.884. The number of hydrogen-bond donors (Lipinski definition) is 1. The molecule has 1 aromatic heterocycles. The Morgan fingerprint density at radius 3 is 2.73 bits per heavy atom. The highest BCUT2D eigenvalue weighted by Gasteiger charge is 1.99. The predicted octanol–water partition coefficient (Wildman–Crippen LogP) is 1.53. The van der Waals surface area contributed by atoms with E-state index in [1.54, 1.807) is 6.33 Å². The van der Waals surface area contributed by atoms with Crippen molar-refractivity contribution in [3.63, 3.8) is 0 Å². The summed E-state index contributed by atoms with van der Waals surface area (Å²) >= 11 is 0. The Kier molecular flexibility index (Phi) is 2.41. The van der Waals surface area contributed by atoms with Crippen LogP contribution in [0.1, 0.15) is 18.2 Å². The zero-order valence-corrected chi connectivity index (χ0v) is 7.18. The van der Waals surface area contributed by atoms with Crippen LogP contribution in [0, 0.1) is 13.8 Å². The number of anilines is 1. The number of hydrogen-bond acceptors (Lipinski definition) is 3. The van der Waals surface area contributed by atoms with Gasteiger partial charge in [-0.1, -0.05) is 0 Å². The number of rotatable bonds is 2. The van der Waals surface area contributed by atoms with E-state index in [0.717, 1.165) is 23.6 Å². The Morgan fingerprint density at radius 2 is 2.09 bits per heavy atom. The van der Waals surface area contributed by atoms with Gasteiger partial charge in [0.05, 0.1) is 0 Å². The molecular formula is C8H13N3. The van der Waals surface area contributed by atoms with Crippen LogP contribution < -0.4 is 5.32 Å². The fraction of sp³-hybridized carbons (Fsp3) is 0.500. The minimum absolute atomic E-state index is 0.900. The monoisotopic (exact) mass is 151 g/mol. The van der Waals surface area contributed by atoms with Gasteiger partial charge in [-0.05, 0) is 20.8 Å². The maximum absolute atomic E-state index is 4.11. The van der Waals surface area contributed by atoms with E-state index in [1.165, 1.54) is 0 Å². The molecule has 3 heteroatoms. The largest absolute Gasteiger partial charge is 0.370 e. The van der Waals surface area contributed by atoms with Crippen LogP contribution in [0.5, 0.6) is 0 Å². The molecular weight excluding hydrogens is 138 g/mol. The van der Waals surface area contributed by atoms with Crippen LogP contribution in [0.2, 0.25) is 0 Å². The van der Waals surface area contributed by atoms with Crippen molar-refractivity contribution in [2.75, 3.05) is 11.9 Å². The minimum atomic E-state index is 0.900. The topological polar surface area (TPSA) is 37.8 Å². The fourth-order valence-corrected chi connectivity index (χ4v) is 0.884. The van der Waals surface area contributed by atoms with Crippen LogP contribution in [0.25, 0.3) is 0 Å². The second-order valence-electron chi connectivity index (χ2n) is 2.46. The molecule has 60 valence electrons. The quantitative estimate of drug-likeness (QED) is 0.696. The Labute approximate surface area is 66.9 Å². The molecule has 11 heavy (non-hydrogen) atoms. The molecule has 0 aliphatic rings. The third-order valence-corrected chi connectivity index (χ3v) is 1.68. The SMILES string of the molecule is CCNc1ncnc(C)c1C. The van der Waals surface area contributed by atoms with Gasteiger partial charge in [0.2, 0.25) is 0 Å². The minimum Gasteiger partial charge on any atom is -0.370 e. The summed E-state index contributed by atoms with van der Waals surface area (Å²) in [6.45, 7) is 6.96. The van der Waals surface area contributed by atoms with E-state index in [-0.39, 0.29) is 0 Å². The number of nitrogens with zero attached hydrogens (tertiary/aromatic N) is 2. The third kappa shape index (κ3) is 1.67. The van der Waals surface area contributed by atoms with Gasteiger partial charge in [0.15, 0.2) is 0 Å². The maximum atomic E-state index is 4.11. The summed E-state index contributed by atoms with van der Waals surface area (Å²) in [5, 5.41) is 3.17. The summed E-state index contributed by atoms with van der Waals surface area (Å²) in [7, 11) is 0. The zero-order chi connectivity index (χ0) is 8.27. The lowest BCUT2D eigenvalue weighted by Crippen LogP contribution is -2.03. The first-order valence-electron chi connectivity index (χ1n) is 3.77. The lowest BCUT2D eigenvalue weighted by Gasteiger charge is -2.06. The number of nitrogens with one attached hydrogen (secondary N) is 1. The highest BCUT2D eigenvalue weighted by Crippen LogP contribution is 2.11. The lowest BCUT2D eigenvalue weighted by molar-refractivity contribution is 1.04. The summed E-state index contributed by atoms with van der Waals surface area (Å²) in [6.07, 6.45) is 1.58. The van der Waals surface area contributed by atoms with Crippen LogP contribution >= 0.6 is 0 Å². The van der Waals surface area contributed by atoms with Crippen LogP contribution in [0.4, 0.5) is 5.82 Å². The Balaban J connectivity index is 2.96. The molecule has 0 aliphatic carbocycles. The van der Waals surface area contributed by atoms with Crippen LogP contribution in [0.3, 0.4) is 0 Å². The van der Waals surface area contributed by atoms with Gasteiger partial charge in [-0.25, -0.2) is 9.97 Å². The molecule has 1 N–H and O–H groups in total. The average Bonchev–Trinajstić information content (AvgIpc) is 1.99. The first-order chi connectivity index (χ1) is 5.25. The first kappa shape index (κ1) is 7.98. The smallest absolute Gasteiger partial charge is 0.132 e. The van der Waals surface area contributed by atoms with E-state index in [1.807, 2.05) is 13.8 Å². The maximum Gasteiger partial charge on any atom is 0.132 e. The molecule has 0 atom stereocenters. The number of aryl methyl sites for hydroxylation is 1. The van der Waals surface area contributed by atoms with Gasteiger partial charge in [-0.2, -0.15) is 0 Å². The molecule has 0 bridgehead atoms. The molecule has 0 saturated heterocycles. The van der Waals surface area contributed by atoms with Gasteiger partial charge in [0.1, 0.15) is 12.1 Å². The standard InChI is InChI=1S/C8H13N3/c1-4-9-8-6(2)7(3)10-5-11-8/h5H,4H2,1-3H3,(H,9,10,11). The normalized spacial score (nSPS) is 9.73. The van der Waals surface area contributed by atoms with Crippen LogP contribution in [-0.2, 0) is 0 Å². The Bertz CT molecular complexity index is 245. The predicted molar refractivity (Wildman–Crippen MR) is 45.7 cm³/mol. The molecule has 0 saturated carbocycles. The van der Waals surface area contributed by atoms with E-state index in [2.05, 4.69) is 22.2 Å². The van der Waals surface area contributed by atoms with E-state index >= 15 is 0 Å². The summed E-state index contributed by atoms with van der Waals surface area (Å²) in [5.74, 6) is 0.944. The molecule has 1 heterocycles. The van der Waals surface area contributed by atoms with Crippen molar-refractivity contribution in [2.24, 2.45) is 0 Å². The first-order valence-corrected chi connectivity index (χ1v) is 3.77. The van der Waals surface area contributed by atoms with Crippen molar-refractivity contribution in [1.29, 1.82) is 0 Å². The summed E-state index contributed by atoms with van der Waals surface area (Å²) in [5.41, 5.74) is 2.17. The average molecular weight is 151 g/mol. The van der Waals surface area contributed by atoms with Crippen molar-refractivity contribution < 1.29 is 0 Å². The number of aromatic nitrogens is 2. The van der Waals surface area contributed by atoms with E-state index in [9.17, 15) is 0 Å². The molecule has 0 aromatic carbocycles. The molecule has 0 aliphatic heterocycles. The summed E-state index contributed by atoms with van der Waals surface area (Å²) < 4.78 is 0. The zero-order valence-electron chi connectivity index (χ0n) is 7.18. The molecule has 1 rings (SSSR count). The van der Waals surface area contributed by atoms with Gasteiger partial charge in [0.25, 0.3) is 0 Å². The molecule has 0 unspecified atom stereocenters. The summed E-state index contributed by atoms with van der Waals surface area (Å²) in [4.78, 5) is 8.18. The van der Waals surface area contributed by atoms with Crippen LogP contribution in [-0.4, -0.2) is 16.5 Å². The molecule has 0 fully saturated rings. The molecule has 0 amide bonds. The molecule has 1 aromatic rings. The second-order valence-corrected chi connectivity index (χ2v) is 2.46.